The second-order valence-electron chi connectivity index (χ2n) is 11.4. The molecule has 0 bridgehead atoms. The number of carbonyl (C=O) groups is 1. The Morgan fingerprint density at radius 3 is 2.57 bits per heavy atom. The van der Waals surface area contributed by atoms with Gasteiger partial charge in [-0.2, -0.15) is 0 Å². The second-order valence-corrected chi connectivity index (χ2v) is 11.8. The molecule has 0 radical (unpaired) electrons. The molecule has 1 aliphatic heterocycles. The molecule has 1 aromatic rings. The highest BCUT2D eigenvalue weighted by molar-refractivity contribution is 6.30. The molecule has 164 valence electrons. The number of halogens is 1. The van der Waals surface area contributed by atoms with E-state index in [1.165, 1.54) is 19.3 Å². The molecule has 4 fully saturated rings. The van der Waals surface area contributed by atoms with Crippen molar-refractivity contribution >= 4 is 17.5 Å². The van der Waals surface area contributed by atoms with E-state index in [1.807, 2.05) is 24.3 Å². The van der Waals surface area contributed by atoms with Crippen LogP contribution in [-0.2, 0) is 4.79 Å². The highest BCUT2D eigenvalue weighted by atomic mass is 35.5. The average molecular weight is 430 g/mol. The monoisotopic (exact) mass is 429 g/mol. The Balaban J connectivity index is 1.39. The molecule has 30 heavy (non-hydrogen) atoms. The SMILES string of the molecule is C[C@H]1CC2N(C)C(=O)CC[C@]2(C)C2CC[C@]3(C)C[C@@H](Oc4ccc(Cl)cc4)CC3C21. The average Bonchev–Trinajstić information content (AvgIpc) is 3.04. The van der Waals surface area contributed by atoms with E-state index in [9.17, 15) is 4.79 Å². The first-order valence-corrected chi connectivity index (χ1v) is 12.3. The van der Waals surface area contributed by atoms with Crippen LogP contribution in [0.15, 0.2) is 24.3 Å². The first-order chi connectivity index (χ1) is 14.2. The van der Waals surface area contributed by atoms with Crippen LogP contribution in [0.5, 0.6) is 5.75 Å². The lowest BCUT2D eigenvalue weighted by molar-refractivity contribution is -0.164. The fourth-order valence-electron chi connectivity index (χ4n) is 8.25. The topological polar surface area (TPSA) is 29.5 Å². The van der Waals surface area contributed by atoms with Crippen molar-refractivity contribution in [2.24, 2.45) is 34.5 Å². The van der Waals surface area contributed by atoms with Gasteiger partial charge in [0.1, 0.15) is 5.75 Å². The van der Waals surface area contributed by atoms with Crippen LogP contribution in [0.3, 0.4) is 0 Å². The van der Waals surface area contributed by atoms with Gasteiger partial charge in [0, 0.05) is 24.5 Å². The Kier molecular flexibility index (Phi) is 4.93. The highest BCUT2D eigenvalue weighted by Crippen LogP contribution is 2.66. The molecule has 1 aromatic carbocycles. The fraction of sp³-hybridized carbons (Fsp3) is 0.731. The van der Waals surface area contributed by atoms with Crippen molar-refractivity contribution in [3.05, 3.63) is 29.3 Å². The summed E-state index contributed by atoms with van der Waals surface area (Å²) in [6, 6.07) is 8.25. The minimum atomic E-state index is 0.274. The maximum Gasteiger partial charge on any atom is 0.222 e. The second kappa shape index (κ2) is 7.15. The van der Waals surface area contributed by atoms with Crippen LogP contribution in [0.2, 0.25) is 5.02 Å². The van der Waals surface area contributed by atoms with E-state index >= 15 is 0 Å². The summed E-state index contributed by atoms with van der Waals surface area (Å²) < 4.78 is 6.45. The molecule has 1 amide bonds. The molecule has 8 atom stereocenters. The lowest BCUT2D eigenvalue weighted by Gasteiger charge is -2.63. The number of rotatable bonds is 2. The molecule has 4 heteroatoms. The summed E-state index contributed by atoms with van der Waals surface area (Å²) in [5.41, 5.74) is 0.655. The number of hydrogen-bond acceptors (Lipinski definition) is 2. The summed E-state index contributed by atoms with van der Waals surface area (Å²) in [5, 5.41) is 0.756. The number of nitrogens with zero attached hydrogens (tertiary/aromatic N) is 1. The van der Waals surface area contributed by atoms with Crippen molar-refractivity contribution in [1.29, 1.82) is 0 Å². The number of amides is 1. The van der Waals surface area contributed by atoms with Crippen LogP contribution in [0, 0.1) is 34.5 Å². The Morgan fingerprint density at radius 1 is 1.10 bits per heavy atom. The van der Waals surface area contributed by atoms with Gasteiger partial charge in [0.2, 0.25) is 5.91 Å². The lowest BCUT2D eigenvalue weighted by atomic mass is 9.45. The standard InChI is InChI=1S/C26H36ClNO2/c1-16-13-22-26(3,12-10-23(29)28(22)4)20-9-11-25(2)15-19(14-21(25)24(16)20)30-18-7-5-17(27)6-8-18/h5-8,16,19-22,24H,9-15H2,1-4H3/t16-,19-,20?,21?,22?,24?,25+,26+/m0/s1. The van der Waals surface area contributed by atoms with Gasteiger partial charge < -0.3 is 9.64 Å². The van der Waals surface area contributed by atoms with Crippen molar-refractivity contribution in [3.8, 4) is 5.75 Å². The Hall–Kier alpha value is -1.22. The van der Waals surface area contributed by atoms with E-state index < -0.39 is 0 Å². The molecule has 0 spiro atoms. The van der Waals surface area contributed by atoms with Gasteiger partial charge in [0.25, 0.3) is 0 Å². The van der Waals surface area contributed by atoms with Gasteiger partial charge in [0.15, 0.2) is 0 Å². The van der Waals surface area contributed by atoms with Crippen LogP contribution < -0.4 is 4.74 Å². The van der Waals surface area contributed by atoms with Gasteiger partial charge in [-0.05, 0) is 97.3 Å². The number of likely N-dealkylation sites (tertiary alicyclic amines) is 1. The molecule has 3 saturated carbocycles. The Labute approximate surface area is 186 Å². The Bertz CT molecular complexity index is 825. The minimum absolute atomic E-state index is 0.274. The van der Waals surface area contributed by atoms with Crippen molar-refractivity contribution in [2.45, 2.75) is 77.9 Å². The zero-order valence-electron chi connectivity index (χ0n) is 18.9. The molecule has 0 N–H and O–H groups in total. The summed E-state index contributed by atoms with van der Waals surface area (Å²) in [7, 11) is 2.05. The fourth-order valence-corrected chi connectivity index (χ4v) is 8.38. The number of hydrogen-bond donors (Lipinski definition) is 0. The van der Waals surface area contributed by atoms with Gasteiger partial charge in [-0.1, -0.05) is 32.4 Å². The van der Waals surface area contributed by atoms with E-state index in [1.54, 1.807) is 0 Å². The van der Waals surface area contributed by atoms with Crippen LogP contribution >= 0.6 is 11.6 Å². The summed E-state index contributed by atoms with van der Waals surface area (Å²) in [6.45, 7) is 7.49. The molecule has 3 nitrogen and oxygen atoms in total. The van der Waals surface area contributed by atoms with Crippen molar-refractivity contribution in [2.75, 3.05) is 7.05 Å². The molecule has 1 heterocycles. The predicted octanol–water partition coefficient (Wildman–Crippen LogP) is 6.20. The van der Waals surface area contributed by atoms with E-state index in [4.69, 9.17) is 16.3 Å². The first-order valence-electron chi connectivity index (χ1n) is 11.9. The summed E-state index contributed by atoms with van der Waals surface area (Å²) in [6.07, 6.45) is 8.20. The van der Waals surface area contributed by atoms with Gasteiger partial charge in [-0.25, -0.2) is 0 Å². The largest absolute Gasteiger partial charge is 0.490 e. The molecule has 3 aliphatic carbocycles. The van der Waals surface area contributed by atoms with Crippen molar-refractivity contribution in [3.63, 3.8) is 0 Å². The van der Waals surface area contributed by atoms with Gasteiger partial charge >= 0.3 is 0 Å². The van der Waals surface area contributed by atoms with Crippen LogP contribution in [0.4, 0.5) is 0 Å². The number of fused-ring (bicyclic) bond motifs is 5. The van der Waals surface area contributed by atoms with E-state index in [0.29, 0.717) is 29.4 Å². The van der Waals surface area contributed by atoms with Gasteiger partial charge in [0.05, 0.1) is 6.10 Å². The van der Waals surface area contributed by atoms with E-state index in [-0.39, 0.29) is 5.41 Å². The molecule has 4 unspecified atom stereocenters. The zero-order chi connectivity index (χ0) is 21.3. The number of piperidine rings is 1. The number of carbonyl (C=O) groups excluding carboxylic acids is 1. The summed E-state index contributed by atoms with van der Waals surface area (Å²) in [4.78, 5) is 14.5. The normalized spacial score (nSPS) is 45.5. The summed E-state index contributed by atoms with van der Waals surface area (Å²) >= 11 is 6.05. The molecular weight excluding hydrogens is 394 g/mol. The first kappa shape index (κ1) is 20.7. The molecule has 5 rings (SSSR count). The summed E-state index contributed by atoms with van der Waals surface area (Å²) in [5.74, 6) is 4.17. The maximum atomic E-state index is 12.4. The lowest BCUT2D eigenvalue weighted by Crippen LogP contribution is -2.62. The molecule has 4 aliphatic rings. The van der Waals surface area contributed by atoms with Crippen LogP contribution in [0.25, 0.3) is 0 Å². The van der Waals surface area contributed by atoms with Crippen molar-refractivity contribution in [1.82, 2.24) is 4.90 Å². The van der Waals surface area contributed by atoms with Gasteiger partial charge in [-0.15, -0.1) is 0 Å². The predicted molar refractivity (Wildman–Crippen MR) is 121 cm³/mol. The van der Waals surface area contributed by atoms with Crippen molar-refractivity contribution < 1.29 is 9.53 Å². The third-order valence-electron chi connectivity index (χ3n) is 9.78. The van der Waals surface area contributed by atoms with E-state index in [0.717, 1.165) is 54.2 Å². The smallest absolute Gasteiger partial charge is 0.222 e. The zero-order valence-corrected chi connectivity index (χ0v) is 19.6. The molecule has 1 saturated heterocycles. The quantitative estimate of drug-likeness (QED) is 0.560. The molecule has 0 aromatic heterocycles. The van der Waals surface area contributed by atoms with Gasteiger partial charge in [-0.3, -0.25) is 4.79 Å². The third-order valence-corrected chi connectivity index (χ3v) is 10.0. The number of benzene rings is 1. The van der Waals surface area contributed by atoms with Crippen LogP contribution in [0.1, 0.15) is 65.7 Å². The maximum absolute atomic E-state index is 12.4. The van der Waals surface area contributed by atoms with E-state index in [2.05, 4.69) is 32.7 Å². The van der Waals surface area contributed by atoms with Crippen LogP contribution in [-0.4, -0.2) is 30.0 Å². The highest BCUT2D eigenvalue weighted by Gasteiger charge is 2.62. The molecular formula is C26H36ClNO2. The third kappa shape index (κ3) is 3.10. The number of ether oxygens (including phenoxy) is 1. The Morgan fingerprint density at radius 2 is 1.83 bits per heavy atom. The minimum Gasteiger partial charge on any atom is -0.490 e.